The van der Waals surface area contributed by atoms with Crippen molar-refractivity contribution >= 4 is 33.8 Å². The molecule has 1 fully saturated rings. The van der Waals surface area contributed by atoms with Gasteiger partial charge in [0.05, 0.1) is 12.3 Å². The van der Waals surface area contributed by atoms with Gasteiger partial charge >= 0.3 is 0 Å². The van der Waals surface area contributed by atoms with Crippen molar-refractivity contribution in [2.75, 3.05) is 18.4 Å². The third kappa shape index (κ3) is 4.34. The standard InChI is InChI=1S/C24H27ClN2O2S/c1-15-10-12-27(13-11-15)22(18-6-8-19(25)9-7-18)21-16(2)17(3)30-24(21)26-23(28)20-5-4-14-29-20/h4-9,14-15,22H,10-13H2,1-3H3,(H,26,28). The number of likely N-dealkylation sites (tertiary alicyclic amines) is 1. The molecular formula is C24H27ClN2O2S. The molecule has 0 saturated carbocycles. The van der Waals surface area contributed by atoms with Gasteiger partial charge in [0.1, 0.15) is 5.00 Å². The van der Waals surface area contributed by atoms with E-state index in [-0.39, 0.29) is 11.9 Å². The number of hydrogen-bond donors (Lipinski definition) is 1. The van der Waals surface area contributed by atoms with Gasteiger partial charge in [0.2, 0.25) is 0 Å². The molecule has 3 heterocycles. The Morgan fingerprint density at radius 2 is 1.90 bits per heavy atom. The molecule has 30 heavy (non-hydrogen) atoms. The fourth-order valence-electron chi connectivity index (χ4n) is 4.13. The van der Waals surface area contributed by atoms with E-state index >= 15 is 0 Å². The summed E-state index contributed by atoms with van der Waals surface area (Å²) >= 11 is 7.81. The van der Waals surface area contributed by atoms with Gasteiger partial charge in [0.15, 0.2) is 5.76 Å². The summed E-state index contributed by atoms with van der Waals surface area (Å²) in [5, 5.41) is 4.74. The molecule has 1 aliphatic heterocycles. The number of amides is 1. The molecule has 0 bridgehead atoms. The zero-order valence-corrected chi connectivity index (χ0v) is 19.1. The first-order chi connectivity index (χ1) is 14.4. The number of piperidine rings is 1. The van der Waals surface area contributed by atoms with E-state index in [4.69, 9.17) is 16.0 Å². The van der Waals surface area contributed by atoms with Gasteiger partial charge < -0.3 is 9.73 Å². The third-order valence-electron chi connectivity index (χ3n) is 6.05. The van der Waals surface area contributed by atoms with Crippen LogP contribution in [0.4, 0.5) is 5.00 Å². The molecule has 1 N–H and O–H groups in total. The van der Waals surface area contributed by atoms with Crippen LogP contribution in [0.25, 0.3) is 0 Å². The van der Waals surface area contributed by atoms with Crippen LogP contribution in [0.15, 0.2) is 47.1 Å². The molecular weight excluding hydrogens is 416 g/mol. The van der Waals surface area contributed by atoms with Crippen LogP contribution in [0.3, 0.4) is 0 Å². The monoisotopic (exact) mass is 442 g/mol. The molecule has 1 aliphatic rings. The normalized spacial score (nSPS) is 16.5. The van der Waals surface area contributed by atoms with E-state index in [1.807, 2.05) is 12.1 Å². The Kier molecular flexibility index (Phi) is 6.32. The molecule has 1 saturated heterocycles. The lowest BCUT2D eigenvalue weighted by molar-refractivity contribution is 0.0996. The number of carbonyl (C=O) groups excluding carboxylic acids is 1. The molecule has 0 radical (unpaired) electrons. The Morgan fingerprint density at radius 3 is 2.53 bits per heavy atom. The number of hydrogen-bond acceptors (Lipinski definition) is 4. The molecule has 1 amide bonds. The minimum absolute atomic E-state index is 0.0756. The summed E-state index contributed by atoms with van der Waals surface area (Å²) in [4.78, 5) is 16.5. The van der Waals surface area contributed by atoms with Gasteiger partial charge in [-0.15, -0.1) is 11.3 Å². The molecule has 1 unspecified atom stereocenters. The second-order valence-electron chi connectivity index (χ2n) is 8.13. The third-order valence-corrected chi connectivity index (χ3v) is 7.44. The predicted molar refractivity (Wildman–Crippen MR) is 124 cm³/mol. The maximum absolute atomic E-state index is 12.7. The Bertz CT molecular complexity index is 1000. The Labute approximate surface area is 186 Å². The number of rotatable bonds is 5. The minimum atomic E-state index is -0.218. The quantitative estimate of drug-likeness (QED) is 0.479. The molecule has 2 aromatic heterocycles. The highest BCUT2D eigenvalue weighted by molar-refractivity contribution is 7.16. The number of nitrogens with zero attached hydrogens (tertiary/aromatic N) is 1. The SMILES string of the molecule is Cc1sc(NC(=O)c2ccco2)c(C(c2ccc(Cl)cc2)N2CCC(C)CC2)c1C. The van der Waals surface area contributed by atoms with E-state index in [2.05, 4.69) is 43.1 Å². The van der Waals surface area contributed by atoms with Crippen LogP contribution >= 0.6 is 22.9 Å². The maximum atomic E-state index is 12.7. The Morgan fingerprint density at radius 1 is 1.20 bits per heavy atom. The van der Waals surface area contributed by atoms with Gasteiger partial charge in [-0.05, 0) is 81.1 Å². The van der Waals surface area contributed by atoms with Crippen LogP contribution in [0.5, 0.6) is 0 Å². The first-order valence-electron chi connectivity index (χ1n) is 10.4. The second kappa shape index (κ2) is 8.96. The highest BCUT2D eigenvalue weighted by Crippen LogP contribution is 2.43. The van der Waals surface area contributed by atoms with Crippen molar-refractivity contribution in [1.82, 2.24) is 4.90 Å². The average molecular weight is 443 g/mol. The summed E-state index contributed by atoms with van der Waals surface area (Å²) in [5.41, 5.74) is 3.60. The molecule has 3 aromatic rings. The van der Waals surface area contributed by atoms with Crippen LogP contribution in [0.1, 0.15) is 57.9 Å². The zero-order chi connectivity index (χ0) is 21.3. The van der Waals surface area contributed by atoms with Crippen molar-refractivity contribution in [3.05, 3.63) is 75.0 Å². The largest absolute Gasteiger partial charge is 0.459 e. The van der Waals surface area contributed by atoms with E-state index in [1.54, 1.807) is 23.5 Å². The topological polar surface area (TPSA) is 45.5 Å². The van der Waals surface area contributed by atoms with Crippen LogP contribution in [-0.2, 0) is 0 Å². The smallest absolute Gasteiger partial charge is 0.291 e. The second-order valence-corrected chi connectivity index (χ2v) is 9.79. The molecule has 4 nitrogen and oxygen atoms in total. The zero-order valence-electron chi connectivity index (χ0n) is 17.6. The number of aryl methyl sites for hydroxylation is 1. The summed E-state index contributed by atoms with van der Waals surface area (Å²) in [5.74, 6) is 0.847. The van der Waals surface area contributed by atoms with Crippen molar-refractivity contribution in [3.63, 3.8) is 0 Å². The van der Waals surface area contributed by atoms with Crippen molar-refractivity contribution < 1.29 is 9.21 Å². The summed E-state index contributed by atoms with van der Waals surface area (Å²) in [7, 11) is 0. The van der Waals surface area contributed by atoms with Crippen molar-refractivity contribution in [3.8, 4) is 0 Å². The summed E-state index contributed by atoms with van der Waals surface area (Å²) in [6.07, 6.45) is 3.88. The summed E-state index contributed by atoms with van der Waals surface area (Å²) < 4.78 is 5.30. The molecule has 1 aromatic carbocycles. The lowest BCUT2D eigenvalue weighted by Gasteiger charge is -2.37. The van der Waals surface area contributed by atoms with Crippen molar-refractivity contribution in [2.24, 2.45) is 5.92 Å². The van der Waals surface area contributed by atoms with E-state index in [9.17, 15) is 4.79 Å². The van der Waals surface area contributed by atoms with E-state index in [0.29, 0.717) is 5.76 Å². The molecule has 0 spiro atoms. The van der Waals surface area contributed by atoms with Gasteiger partial charge in [-0.25, -0.2) is 0 Å². The van der Waals surface area contributed by atoms with Crippen molar-refractivity contribution in [1.29, 1.82) is 0 Å². The number of nitrogens with one attached hydrogen (secondary N) is 1. The highest BCUT2D eigenvalue weighted by atomic mass is 35.5. The molecule has 6 heteroatoms. The molecule has 1 atom stereocenters. The Balaban J connectivity index is 1.76. The first-order valence-corrected chi connectivity index (χ1v) is 11.6. The highest BCUT2D eigenvalue weighted by Gasteiger charge is 2.31. The molecule has 0 aliphatic carbocycles. The fraction of sp³-hybridized carbons (Fsp3) is 0.375. The Hall–Kier alpha value is -2.08. The van der Waals surface area contributed by atoms with Crippen LogP contribution in [0.2, 0.25) is 5.02 Å². The van der Waals surface area contributed by atoms with Gasteiger partial charge in [-0.3, -0.25) is 9.69 Å². The predicted octanol–water partition coefficient (Wildman–Crippen LogP) is 6.68. The molecule has 4 rings (SSSR count). The van der Waals surface area contributed by atoms with Crippen LogP contribution in [-0.4, -0.2) is 23.9 Å². The van der Waals surface area contributed by atoms with E-state index in [1.165, 1.54) is 40.7 Å². The number of halogens is 1. The minimum Gasteiger partial charge on any atom is -0.459 e. The van der Waals surface area contributed by atoms with Crippen LogP contribution < -0.4 is 5.32 Å². The number of benzene rings is 1. The number of thiophene rings is 1. The number of anilines is 1. The van der Waals surface area contributed by atoms with Crippen molar-refractivity contribution in [2.45, 2.75) is 39.7 Å². The van der Waals surface area contributed by atoms with Gasteiger partial charge in [-0.2, -0.15) is 0 Å². The lowest BCUT2D eigenvalue weighted by Crippen LogP contribution is -2.37. The summed E-state index contributed by atoms with van der Waals surface area (Å²) in [6, 6.07) is 11.6. The number of furan rings is 1. The summed E-state index contributed by atoms with van der Waals surface area (Å²) in [6.45, 7) is 8.66. The van der Waals surface area contributed by atoms with E-state index in [0.717, 1.165) is 29.0 Å². The fourth-order valence-corrected chi connectivity index (χ4v) is 5.34. The number of carbonyl (C=O) groups is 1. The van der Waals surface area contributed by atoms with Gasteiger partial charge in [0.25, 0.3) is 5.91 Å². The average Bonchev–Trinajstić information content (AvgIpc) is 3.36. The van der Waals surface area contributed by atoms with E-state index < -0.39 is 0 Å². The maximum Gasteiger partial charge on any atom is 0.291 e. The van der Waals surface area contributed by atoms with Crippen LogP contribution in [0, 0.1) is 19.8 Å². The van der Waals surface area contributed by atoms with Gasteiger partial charge in [-0.1, -0.05) is 30.7 Å². The lowest BCUT2D eigenvalue weighted by atomic mass is 9.91. The van der Waals surface area contributed by atoms with Gasteiger partial charge in [0, 0.05) is 15.5 Å². The first kappa shape index (κ1) is 21.2. The molecule has 158 valence electrons.